The van der Waals surface area contributed by atoms with Gasteiger partial charge in [0.25, 0.3) is 0 Å². The minimum atomic E-state index is -0.00502. The van der Waals surface area contributed by atoms with E-state index < -0.39 is 0 Å². The van der Waals surface area contributed by atoms with Crippen LogP contribution in [0.15, 0.2) is 29.4 Å². The Morgan fingerprint density at radius 3 is 2.56 bits per heavy atom. The third-order valence-electron chi connectivity index (χ3n) is 2.20. The number of Topliss-reactive ketones (excluding diaryl/α,β-unsaturated/α-hetero) is 1. The second-order valence-electron chi connectivity index (χ2n) is 4.04. The maximum Gasteiger partial charge on any atom is 0.175 e. The molecule has 1 rings (SSSR count). The molecule has 1 aromatic rings. The van der Waals surface area contributed by atoms with Crippen LogP contribution in [-0.4, -0.2) is 18.6 Å². The number of hydrogen-bond acceptors (Lipinski definition) is 3. The number of aryl methyl sites for hydroxylation is 1. The standard InChI is InChI=1S/C13H17NO2/c1-10(2)13(15)9-16-14-8-12-6-4-11(3)5-7-12/h4-8,10H,9H2,1-3H3/b14-8-. The van der Waals surface area contributed by atoms with Crippen LogP contribution >= 0.6 is 0 Å². The molecule has 86 valence electrons. The summed E-state index contributed by atoms with van der Waals surface area (Å²) in [6, 6.07) is 7.90. The Morgan fingerprint density at radius 2 is 2.00 bits per heavy atom. The van der Waals surface area contributed by atoms with Gasteiger partial charge in [-0.3, -0.25) is 4.79 Å². The van der Waals surface area contributed by atoms with E-state index in [1.54, 1.807) is 6.21 Å². The lowest BCUT2D eigenvalue weighted by atomic mass is 10.1. The first-order valence-corrected chi connectivity index (χ1v) is 5.34. The lowest BCUT2D eigenvalue weighted by Gasteiger charge is -2.01. The zero-order valence-corrected chi connectivity index (χ0v) is 9.93. The van der Waals surface area contributed by atoms with Crippen LogP contribution in [0.3, 0.4) is 0 Å². The van der Waals surface area contributed by atoms with Crippen molar-refractivity contribution in [1.82, 2.24) is 0 Å². The number of benzene rings is 1. The van der Waals surface area contributed by atoms with Crippen LogP contribution in [-0.2, 0) is 9.63 Å². The first-order chi connectivity index (χ1) is 7.59. The molecular weight excluding hydrogens is 202 g/mol. The van der Waals surface area contributed by atoms with Gasteiger partial charge in [0.1, 0.15) is 0 Å². The molecule has 0 bridgehead atoms. The predicted molar refractivity (Wildman–Crippen MR) is 64.6 cm³/mol. The zero-order chi connectivity index (χ0) is 12.0. The van der Waals surface area contributed by atoms with Gasteiger partial charge in [0.2, 0.25) is 0 Å². The normalized spacial score (nSPS) is 11.0. The van der Waals surface area contributed by atoms with E-state index in [0.29, 0.717) is 0 Å². The molecule has 0 radical (unpaired) electrons. The van der Waals surface area contributed by atoms with Crippen molar-refractivity contribution in [3.63, 3.8) is 0 Å². The quantitative estimate of drug-likeness (QED) is 0.564. The molecule has 0 atom stereocenters. The van der Waals surface area contributed by atoms with Crippen molar-refractivity contribution in [2.45, 2.75) is 20.8 Å². The Balaban J connectivity index is 2.38. The van der Waals surface area contributed by atoms with Crippen molar-refractivity contribution in [3.8, 4) is 0 Å². The smallest absolute Gasteiger partial charge is 0.175 e. The predicted octanol–water partition coefficient (Wildman–Crippen LogP) is 2.57. The van der Waals surface area contributed by atoms with Crippen LogP contribution < -0.4 is 0 Å². The highest BCUT2D eigenvalue weighted by Gasteiger charge is 2.06. The molecule has 0 aliphatic rings. The molecule has 0 aliphatic carbocycles. The van der Waals surface area contributed by atoms with Gasteiger partial charge in [0, 0.05) is 5.92 Å². The fourth-order valence-electron chi connectivity index (χ4n) is 1.02. The van der Waals surface area contributed by atoms with E-state index in [0.717, 1.165) is 5.56 Å². The molecule has 3 heteroatoms. The summed E-state index contributed by atoms with van der Waals surface area (Å²) in [5.41, 5.74) is 2.16. The van der Waals surface area contributed by atoms with E-state index in [9.17, 15) is 4.79 Å². The summed E-state index contributed by atoms with van der Waals surface area (Å²) in [4.78, 5) is 16.1. The van der Waals surface area contributed by atoms with Gasteiger partial charge in [0.05, 0.1) is 6.21 Å². The van der Waals surface area contributed by atoms with Crippen molar-refractivity contribution in [2.75, 3.05) is 6.61 Å². The van der Waals surface area contributed by atoms with Crippen molar-refractivity contribution in [2.24, 2.45) is 11.1 Å². The van der Waals surface area contributed by atoms with E-state index in [1.165, 1.54) is 5.56 Å². The van der Waals surface area contributed by atoms with Gasteiger partial charge in [0.15, 0.2) is 12.4 Å². The summed E-state index contributed by atoms with van der Waals surface area (Å²) in [5, 5.41) is 3.75. The van der Waals surface area contributed by atoms with E-state index in [2.05, 4.69) is 5.16 Å². The Morgan fingerprint density at radius 1 is 1.38 bits per heavy atom. The fourth-order valence-corrected chi connectivity index (χ4v) is 1.02. The number of nitrogens with zero attached hydrogens (tertiary/aromatic N) is 1. The molecule has 0 aromatic heterocycles. The van der Waals surface area contributed by atoms with E-state index in [1.807, 2.05) is 45.0 Å². The number of rotatable bonds is 5. The highest BCUT2D eigenvalue weighted by Crippen LogP contribution is 2.00. The van der Waals surface area contributed by atoms with Crippen molar-refractivity contribution in [3.05, 3.63) is 35.4 Å². The molecule has 1 aromatic carbocycles. The van der Waals surface area contributed by atoms with Gasteiger partial charge in [-0.25, -0.2) is 0 Å². The number of hydrogen-bond donors (Lipinski definition) is 0. The lowest BCUT2D eigenvalue weighted by molar-refractivity contribution is -0.126. The molecule has 0 aliphatic heterocycles. The Labute approximate surface area is 96.1 Å². The van der Waals surface area contributed by atoms with Crippen molar-refractivity contribution in [1.29, 1.82) is 0 Å². The van der Waals surface area contributed by atoms with Gasteiger partial charge < -0.3 is 4.84 Å². The molecule has 0 N–H and O–H groups in total. The summed E-state index contributed by atoms with van der Waals surface area (Å²) < 4.78 is 0. The molecule has 0 saturated heterocycles. The highest BCUT2D eigenvalue weighted by molar-refractivity contribution is 5.82. The number of ketones is 1. The molecule has 0 fully saturated rings. The average molecular weight is 219 g/mol. The fraction of sp³-hybridized carbons (Fsp3) is 0.385. The molecular formula is C13H17NO2. The second kappa shape index (κ2) is 6.05. The Bertz CT molecular complexity index is 366. The third kappa shape index (κ3) is 4.26. The maximum atomic E-state index is 11.2. The van der Waals surface area contributed by atoms with Gasteiger partial charge in [-0.15, -0.1) is 0 Å². The number of oxime groups is 1. The second-order valence-corrected chi connectivity index (χ2v) is 4.04. The summed E-state index contributed by atoms with van der Waals surface area (Å²) in [7, 11) is 0. The van der Waals surface area contributed by atoms with Gasteiger partial charge in [-0.1, -0.05) is 48.8 Å². The van der Waals surface area contributed by atoms with Crippen LogP contribution in [0, 0.1) is 12.8 Å². The molecule has 0 unspecified atom stereocenters. The van der Waals surface area contributed by atoms with E-state index in [4.69, 9.17) is 4.84 Å². The first kappa shape index (κ1) is 12.4. The summed E-state index contributed by atoms with van der Waals surface area (Å²) in [6.07, 6.45) is 1.60. The van der Waals surface area contributed by atoms with Crippen LogP contribution in [0.5, 0.6) is 0 Å². The molecule has 0 saturated carbocycles. The third-order valence-corrected chi connectivity index (χ3v) is 2.20. The molecule has 0 amide bonds. The molecule has 0 spiro atoms. The van der Waals surface area contributed by atoms with Crippen LogP contribution in [0.1, 0.15) is 25.0 Å². The summed E-state index contributed by atoms with van der Waals surface area (Å²) >= 11 is 0. The lowest BCUT2D eigenvalue weighted by Crippen LogP contribution is -2.12. The summed E-state index contributed by atoms with van der Waals surface area (Å²) in [6.45, 7) is 5.75. The monoisotopic (exact) mass is 219 g/mol. The van der Waals surface area contributed by atoms with Crippen molar-refractivity contribution < 1.29 is 9.63 Å². The first-order valence-electron chi connectivity index (χ1n) is 5.34. The largest absolute Gasteiger partial charge is 0.388 e. The van der Waals surface area contributed by atoms with Crippen LogP contribution in [0.2, 0.25) is 0 Å². The van der Waals surface area contributed by atoms with Crippen LogP contribution in [0.25, 0.3) is 0 Å². The van der Waals surface area contributed by atoms with E-state index >= 15 is 0 Å². The molecule has 16 heavy (non-hydrogen) atoms. The van der Waals surface area contributed by atoms with Gasteiger partial charge in [-0.05, 0) is 12.5 Å². The highest BCUT2D eigenvalue weighted by atomic mass is 16.6. The topological polar surface area (TPSA) is 38.7 Å². The average Bonchev–Trinajstić information content (AvgIpc) is 2.26. The number of carbonyl (C=O) groups excluding carboxylic acids is 1. The Hall–Kier alpha value is -1.64. The van der Waals surface area contributed by atoms with E-state index in [-0.39, 0.29) is 18.3 Å². The van der Waals surface area contributed by atoms with Gasteiger partial charge in [-0.2, -0.15) is 0 Å². The summed E-state index contributed by atoms with van der Waals surface area (Å²) in [5.74, 6) is 0.0515. The SMILES string of the molecule is Cc1ccc(/C=N\OCC(=O)C(C)C)cc1. The Kier molecular flexibility index (Phi) is 4.70. The zero-order valence-electron chi connectivity index (χ0n) is 9.93. The molecule has 3 nitrogen and oxygen atoms in total. The minimum absolute atomic E-state index is 0.00502. The number of carbonyl (C=O) groups is 1. The van der Waals surface area contributed by atoms with Gasteiger partial charge >= 0.3 is 0 Å². The van der Waals surface area contributed by atoms with Crippen molar-refractivity contribution >= 4 is 12.0 Å². The molecule has 0 heterocycles. The maximum absolute atomic E-state index is 11.2. The van der Waals surface area contributed by atoms with Crippen LogP contribution in [0.4, 0.5) is 0 Å². The minimum Gasteiger partial charge on any atom is -0.388 e.